The van der Waals surface area contributed by atoms with Gasteiger partial charge in [0.05, 0.1) is 11.5 Å². The van der Waals surface area contributed by atoms with Gasteiger partial charge in [-0.1, -0.05) is 6.92 Å². The summed E-state index contributed by atoms with van der Waals surface area (Å²) in [5.41, 5.74) is 5.59. The SMILES string of the molecule is CCc1nccn1C1CCCN(C(=O)C2(CN)CCOCC2)C1.Cl.Cl. The van der Waals surface area contributed by atoms with Gasteiger partial charge < -0.3 is 19.9 Å². The van der Waals surface area contributed by atoms with Crippen molar-refractivity contribution in [1.29, 1.82) is 0 Å². The second-order valence-electron chi connectivity index (χ2n) is 6.75. The van der Waals surface area contributed by atoms with Crippen LogP contribution in [0.15, 0.2) is 12.4 Å². The third kappa shape index (κ3) is 4.48. The third-order valence-corrected chi connectivity index (χ3v) is 5.44. The van der Waals surface area contributed by atoms with Crippen molar-refractivity contribution in [1.82, 2.24) is 14.5 Å². The first-order valence-electron chi connectivity index (χ1n) is 8.79. The maximum Gasteiger partial charge on any atom is 0.230 e. The molecule has 1 aromatic rings. The van der Waals surface area contributed by atoms with E-state index in [1.165, 1.54) is 0 Å². The topological polar surface area (TPSA) is 73.4 Å². The van der Waals surface area contributed by atoms with Gasteiger partial charge in [-0.05, 0) is 25.7 Å². The van der Waals surface area contributed by atoms with Crippen LogP contribution < -0.4 is 5.73 Å². The van der Waals surface area contributed by atoms with E-state index in [0.29, 0.717) is 25.8 Å². The standard InChI is InChI=1S/C17H28N4O2.2ClH/c1-2-15-19-7-9-21(15)14-4-3-8-20(12-14)16(22)17(13-18)5-10-23-11-6-17;;/h7,9,14H,2-6,8,10-13,18H2,1H3;2*1H. The van der Waals surface area contributed by atoms with Crippen molar-refractivity contribution in [3.63, 3.8) is 0 Å². The number of aromatic nitrogens is 2. The Balaban J connectivity index is 0.00000156. The van der Waals surface area contributed by atoms with Crippen LogP contribution in [0.4, 0.5) is 0 Å². The highest BCUT2D eigenvalue weighted by molar-refractivity contribution is 5.85. The monoisotopic (exact) mass is 392 g/mol. The van der Waals surface area contributed by atoms with E-state index in [9.17, 15) is 4.79 Å². The molecule has 2 N–H and O–H groups in total. The summed E-state index contributed by atoms with van der Waals surface area (Å²) in [6, 6.07) is 0.333. The quantitative estimate of drug-likeness (QED) is 0.851. The Morgan fingerprint density at radius 3 is 2.76 bits per heavy atom. The van der Waals surface area contributed by atoms with Gasteiger partial charge in [0.2, 0.25) is 5.91 Å². The number of imidazole rings is 1. The minimum Gasteiger partial charge on any atom is -0.381 e. The highest BCUT2D eigenvalue weighted by Crippen LogP contribution is 2.34. The average molecular weight is 393 g/mol. The summed E-state index contributed by atoms with van der Waals surface area (Å²) in [5.74, 6) is 1.33. The lowest BCUT2D eigenvalue weighted by Gasteiger charge is -2.42. The van der Waals surface area contributed by atoms with E-state index in [1.54, 1.807) is 0 Å². The fourth-order valence-electron chi connectivity index (χ4n) is 3.92. The van der Waals surface area contributed by atoms with Gasteiger partial charge >= 0.3 is 0 Å². The largest absolute Gasteiger partial charge is 0.381 e. The molecule has 3 rings (SSSR count). The summed E-state index contributed by atoms with van der Waals surface area (Å²) in [4.78, 5) is 19.6. The number of hydrogen-bond donors (Lipinski definition) is 1. The minimum absolute atomic E-state index is 0. The second kappa shape index (κ2) is 9.76. The number of aryl methyl sites for hydroxylation is 1. The van der Waals surface area contributed by atoms with Gasteiger partial charge in [-0.15, -0.1) is 24.8 Å². The number of nitrogens with zero attached hydrogens (tertiary/aromatic N) is 3. The fourth-order valence-corrected chi connectivity index (χ4v) is 3.92. The lowest BCUT2D eigenvalue weighted by molar-refractivity contribution is -0.149. The molecule has 25 heavy (non-hydrogen) atoms. The molecule has 0 spiro atoms. The Kier molecular flexibility index (Phi) is 8.68. The zero-order valence-electron chi connectivity index (χ0n) is 14.9. The van der Waals surface area contributed by atoms with Crippen molar-refractivity contribution >= 4 is 30.7 Å². The summed E-state index contributed by atoms with van der Waals surface area (Å²) in [6.07, 6.45) is 8.45. The molecular formula is C17H30Cl2N4O2. The van der Waals surface area contributed by atoms with Crippen molar-refractivity contribution < 1.29 is 9.53 Å². The Labute approximate surface area is 162 Å². The number of hydrogen-bond acceptors (Lipinski definition) is 4. The predicted octanol–water partition coefficient (Wildman–Crippen LogP) is 2.21. The van der Waals surface area contributed by atoms with Crippen LogP contribution >= 0.6 is 24.8 Å². The third-order valence-electron chi connectivity index (χ3n) is 5.44. The first-order valence-corrected chi connectivity index (χ1v) is 8.79. The summed E-state index contributed by atoms with van der Waals surface area (Å²) < 4.78 is 7.68. The van der Waals surface area contributed by atoms with Crippen molar-refractivity contribution in [3.05, 3.63) is 18.2 Å². The molecule has 0 aliphatic carbocycles. The number of halogens is 2. The van der Waals surface area contributed by atoms with E-state index in [-0.39, 0.29) is 30.7 Å². The molecule has 6 nitrogen and oxygen atoms in total. The van der Waals surface area contributed by atoms with Crippen LogP contribution in [0.2, 0.25) is 0 Å². The van der Waals surface area contributed by atoms with Gasteiger partial charge in [0.1, 0.15) is 5.82 Å². The molecule has 1 unspecified atom stereocenters. The van der Waals surface area contributed by atoms with Gasteiger partial charge in [0.15, 0.2) is 0 Å². The van der Waals surface area contributed by atoms with Crippen LogP contribution in [0.25, 0.3) is 0 Å². The Morgan fingerprint density at radius 1 is 1.40 bits per heavy atom. The Morgan fingerprint density at radius 2 is 2.12 bits per heavy atom. The van der Waals surface area contributed by atoms with Gasteiger partial charge in [-0.25, -0.2) is 4.98 Å². The molecule has 8 heteroatoms. The highest BCUT2D eigenvalue weighted by Gasteiger charge is 2.42. The molecule has 1 aromatic heterocycles. The molecule has 0 aromatic carbocycles. The Hall–Kier alpha value is -0.820. The van der Waals surface area contributed by atoms with Crippen molar-refractivity contribution in [2.45, 2.75) is 45.1 Å². The number of nitrogens with two attached hydrogens (primary N) is 1. The molecule has 2 saturated heterocycles. The van der Waals surface area contributed by atoms with Crippen LogP contribution in [0, 0.1) is 5.41 Å². The van der Waals surface area contributed by atoms with Gasteiger partial charge in [-0.3, -0.25) is 4.79 Å². The van der Waals surface area contributed by atoms with Gasteiger partial charge in [0, 0.05) is 51.7 Å². The van der Waals surface area contributed by atoms with Crippen molar-refractivity contribution in [2.75, 3.05) is 32.8 Å². The minimum atomic E-state index is -0.414. The number of amides is 1. The maximum atomic E-state index is 13.1. The molecule has 2 aliphatic heterocycles. The smallest absolute Gasteiger partial charge is 0.230 e. The molecule has 0 bridgehead atoms. The average Bonchev–Trinajstić information content (AvgIpc) is 3.10. The molecular weight excluding hydrogens is 363 g/mol. The lowest BCUT2D eigenvalue weighted by atomic mass is 9.78. The van der Waals surface area contributed by atoms with Crippen LogP contribution in [0.1, 0.15) is 44.5 Å². The van der Waals surface area contributed by atoms with Gasteiger partial charge in [0.25, 0.3) is 0 Å². The number of ether oxygens (including phenoxy) is 1. The number of likely N-dealkylation sites (tertiary alicyclic amines) is 1. The van der Waals surface area contributed by atoms with Crippen LogP contribution in [0.5, 0.6) is 0 Å². The maximum absolute atomic E-state index is 13.1. The lowest BCUT2D eigenvalue weighted by Crippen LogP contribution is -2.53. The summed E-state index contributed by atoms with van der Waals surface area (Å²) in [7, 11) is 0. The van der Waals surface area contributed by atoms with E-state index in [1.807, 2.05) is 17.3 Å². The second-order valence-corrected chi connectivity index (χ2v) is 6.75. The van der Waals surface area contributed by atoms with Crippen LogP contribution in [-0.2, 0) is 16.0 Å². The summed E-state index contributed by atoms with van der Waals surface area (Å²) in [5, 5.41) is 0. The predicted molar refractivity (Wildman–Crippen MR) is 102 cm³/mol. The zero-order chi connectivity index (χ0) is 16.3. The van der Waals surface area contributed by atoms with Crippen molar-refractivity contribution in [3.8, 4) is 0 Å². The summed E-state index contributed by atoms with van der Waals surface area (Å²) in [6.45, 7) is 5.43. The molecule has 2 fully saturated rings. The summed E-state index contributed by atoms with van der Waals surface area (Å²) >= 11 is 0. The normalized spacial score (nSPS) is 22.6. The van der Waals surface area contributed by atoms with E-state index in [2.05, 4.69) is 16.5 Å². The molecule has 2 aliphatic rings. The number of carbonyl (C=O) groups is 1. The molecule has 1 atom stereocenters. The zero-order valence-corrected chi connectivity index (χ0v) is 16.5. The van der Waals surface area contributed by atoms with Crippen LogP contribution in [0.3, 0.4) is 0 Å². The van der Waals surface area contributed by atoms with E-state index in [4.69, 9.17) is 10.5 Å². The number of carbonyl (C=O) groups excluding carboxylic acids is 1. The molecule has 3 heterocycles. The highest BCUT2D eigenvalue weighted by atomic mass is 35.5. The molecule has 0 saturated carbocycles. The van der Waals surface area contributed by atoms with Gasteiger partial charge in [-0.2, -0.15) is 0 Å². The van der Waals surface area contributed by atoms with Crippen molar-refractivity contribution in [2.24, 2.45) is 11.1 Å². The molecule has 0 radical (unpaired) electrons. The number of rotatable bonds is 4. The van der Waals surface area contributed by atoms with E-state index >= 15 is 0 Å². The van der Waals surface area contributed by atoms with E-state index < -0.39 is 5.41 Å². The number of piperidine rings is 1. The van der Waals surface area contributed by atoms with E-state index in [0.717, 1.165) is 51.0 Å². The van der Waals surface area contributed by atoms with Crippen LogP contribution in [-0.4, -0.2) is 53.2 Å². The Bertz CT molecular complexity index is 547. The molecule has 144 valence electrons. The fraction of sp³-hybridized carbons (Fsp3) is 0.765. The first-order chi connectivity index (χ1) is 11.2. The first kappa shape index (κ1) is 22.2. The molecule has 1 amide bonds.